The minimum Gasteiger partial charge on any atom is -0.456 e. The van der Waals surface area contributed by atoms with Gasteiger partial charge in [0.1, 0.15) is 6.10 Å². The molecule has 0 aromatic carbocycles. The molecule has 0 bridgehead atoms. The number of ether oxygens (including phenoxy) is 5. The number of rotatable bonds is 7. The molecular formula is C19H34O9Si. The van der Waals surface area contributed by atoms with E-state index in [9.17, 15) is 14.4 Å². The van der Waals surface area contributed by atoms with E-state index < -0.39 is 56.9 Å². The Balaban J connectivity index is 3.23. The summed E-state index contributed by atoms with van der Waals surface area (Å²) >= 11 is 0. The van der Waals surface area contributed by atoms with Gasteiger partial charge in [0.05, 0.1) is 6.61 Å². The molecule has 5 unspecified atom stereocenters. The average Bonchev–Trinajstić information content (AvgIpc) is 2.54. The Hall–Kier alpha value is -1.49. The van der Waals surface area contributed by atoms with Crippen LogP contribution in [-0.2, 0) is 42.5 Å². The lowest BCUT2D eigenvalue weighted by Gasteiger charge is -2.45. The van der Waals surface area contributed by atoms with E-state index in [1.807, 2.05) is 0 Å². The summed E-state index contributed by atoms with van der Waals surface area (Å²) in [5.41, 5.74) is 0. The van der Waals surface area contributed by atoms with E-state index in [1.54, 1.807) is 0 Å². The van der Waals surface area contributed by atoms with E-state index in [2.05, 4.69) is 33.9 Å². The first-order valence-corrected chi connectivity index (χ1v) is 12.4. The number of methoxy groups -OCH3 is 1. The van der Waals surface area contributed by atoms with Gasteiger partial charge in [-0.25, -0.2) is 0 Å². The topological polar surface area (TPSA) is 107 Å². The van der Waals surface area contributed by atoms with Crippen LogP contribution in [-0.4, -0.2) is 70.6 Å². The van der Waals surface area contributed by atoms with Gasteiger partial charge in [-0.05, 0) is 18.1 Å². The zero-order valence-corrected chi connectivity index (χ0v) is 19.8. The van der Waals surface area contributed by atoms with Crippen LogP contribution in [0.2, 0.25) is 18.1 Å². The van der Waals surface area contributed by atoms with Gasteiger partial charge < -0.3 is 28.1 Å². The van der Waals surface area contributed by atoms with E-state index in [0.29, 0.717) is 0 Å². The smallest absolute Gasteiger partial charge is 0.303 e. The fourth-order valence-corrected chi connectivity index (χ4v) is 3.70. The third-order valence-corrected chi connectivity index (χ3v) is 9.64. The molecule has 0 saturated carbocycles. The summed E-state index contributed by atoms with van der Waals surface area (Å²) < 4.78 is 33.5. The summed E-state index contributed by atoms with van der Waals surface area (Å²) in [6, 6.07) is 0. The number of esters is 3. The number of hydrogen-bond acceptors (Lipinski definition) is 9. The molecule has 1 saturated heterocycles. The van der Waals surface area contributed by atoms with Crippen LogP contribution in [0.25, 0.3) is 0 Å². The molecule has 1 heterocycles. The van der Waals surface area contributed by atoms with Crippen molar-refractivity contribution in [2.24, 2.45) is 0 Å². The predicted molar refractivity (Wildman–Crippen MR) is 105 cm³/mol. The van der Waals surface area contributed by atoms with Gasteiger partial charge in [-0.3, -0.25) is 14.4 Å². The Bertz CT molecular complexity index is 599. The van der Waals surface area contributed by atoms with E-state index in [0.717, 1.165) is 0 Å². The van der Waals surface area contributed by atoms with E-state index in [-0.39, 0.29) is 11.6 Å². The second-order valence-corrected chi connectivity index (χ2v) is 13.4. The molecule has 9 nitrogen and oxygen atoms in total. The molecule has 0 spiro atoms. The minimum atomic E-state index is -2.14. The Morgan fingerprint density at radius 1 is 0.862 bits per heavy atom. The van der Waals surface area contributed by atoms with Crippen LogP contribution in [0, 0.1) is 0 Å². The monoisotopic (exact) mass is 434 g/mol. The number of hydrogen-bond donors (Lipinski definition) is 0. The maximum Gasteiger partial charge on any atom is 0.303 e. The van der Waals surface area contributed by atoms with Gasteiger partial charge in [0, 0.05) is 27.9 Å². The zero-order valence-electron chi connectivity index (χ0n) is 18.8. The van der Waals surface area contributed by atoms with Crippen LogP contribution in [0.15, 0.2) is 0 Å². The first kappa shape index (κ1) is 25.5. The third kappa shape index (κ3) is 7.05. The van der Waals surface area contributed by atoms with Crippen molar-refractivity contribution in [3.8, 4) is 0 Å². The molecule has 1 aliphatic rings. The number of carbonyl (C=O) groups excluding carboxylic acids is 3. The molecule has 0 amide bonds. The molecule has 0 aromatic rings. The molecule has 1 aliphatic heterocycles. The number of carbonyl (C=O) groups is 3. The van der Waals surface area contributed by atoms with Gasteiger partial charge in [0.25, 0.3) is 0 Å². The molecule has 10 heteroatoms. The Morgan fingerprint density at radius 2 is 1.31 bits per heavy atom. The second-order valence-electron chi connectivity index (χ2n) is 8.57. The lowest BCUT2D eigenvalue weighted by Crippen LogP contribution is -2.63. The zero-order chi connectivity index (χ0) is 22.6. The van der Waals surface area contributed by atoms with Gasteiger partial charge in [0.15, 0.2) is 32.9 Å². The summed E-state index contributed by atoms with van der Waals surface area (Å²) in [5, 5.41) is -0.0468. The maximum absolute atomic E-state index is 11.7. The lowest BCUT2D eigenvalue weighted by atomic mass is 9.98. The quantitative estimate of drug-likeness (QED) is 0.338. The predicted octanol–water partition coefficient (Wildman–Crippen LogP) is 2.17. The molecule has 1 rings (SSSR count). The van der Waals surface area contributed by atoms with Gasteiger partial charge in [-0.15, -0.1) is 0 Å². The summed E-state index contributed by atoms with van der Waals surface area (Å²) in [6.45, 7) is 14.2. The molecule has 0 aliphatic carbocycles. The van der Waals surface area contributed by atoms with E-state index >= 15 is 0 Å². The van der Waals surface area contributed by atoms with Crippen molar-refractivity contribution < 1.29 is 42.5 Å². The summed E-state index contributed by atoms with van der Waals surface area (Å²) in [7, 11) is -0.763. The van der Waals surface area contributed by atoms with Crippen LogP contribution in [0.5, 0.6) is 0 Å². The van der Waals surface area contributed by atoms with Crippen LogP contribution >= 0.6 is 0 Å². The molecule has 0 N–H and O–H groups in total. The molecule has 5 atom stereocenters. The summed E-state index contributed by atoms with van der Waals surface area (Å²) in [6.07, 6.45) is -5.05. The Labute approximate surface area is 173 Å². The molecule has 0 aromatic heterocycles. The summed E-state index contributed by atoms with van der Waals surface area (Å²) in [4.78, 5) is 35.0. The van der Waals surface area contributed by atoms with Crippen LogP contribution in [0.4, 0.5) is 0 Å². The van der Waals surface area contributed by atoms with E-state index in [4.69, 9.17) is 28.1 Å². The molecule has 1 fully saturated rings. The van der Waals surface area contributed by atoms with Gasteiger partial charge in [-0.1, -0.05) is 20.8 Å². The largest absolute Gasteiger partial charge is 0.456 e. The molecular weight excluding hydrogens is 400 g/mol. The highest BCUT2D eigenvalue weighted by molar-refractivity contribution is 6.74. The van der Waals surface area contributed by atoms with Crippen molar-refractivity contribution in [2.75, 3.05) is 13.7 Å². The maximum atomic E-state index is 11.7. The fraction of sp³-hybridized carbons (Fsp3) is 0.842. The van der Waals surface area contributed by atoms with Crippen molar-refractivity contribution in [2.45, 2.75) is 90.4 Å². The average molecular weight is 435 g/mol. The van der Waals surface area contributed by atoms with Crippen LogP contribution < -0.4 is 0 Å². The standard InChI is InChI=1S/C19H34O9Si/c1-11(20)25-15-14(10-24-29(8,9)19(4,5)6)28-18(23-7)17(27-13(3)22)16(15)26-12(2)21/h14-18H,10H2,1-9H3. The minimum absolute atomic E-state index is 0.0468. The summed E-state index contributed by atoms with van der Waals surface area (Å²) in [5.74, 6) is -1.83. The third-order valence-electron chi connectivity index (χ3n) is 5.14. The highest BCUT2D eigenvalue weighted by atomic mass is 28.4. The Morgan fingerprint density at radius 3 is 1.72 bits per heavy atom. The van der Waals surface area contributed by atoms with E-state index in [1.165, 1.54) is 27.9 Å². The fourth-order valence-electron chi connectivity index (χ4n) is 2.69. The lowest BCUT2D eigenvalue weighted by molar-refractivity contribution is -0.301. The molecule has 0 radical (unpaired) electrons. The van der Waals surface area contributed by atoms with Gasteiger partial charge >= 0.3 is 17.9 Å². The normalized spacial score (nSPS) is 27.8. The van der Waals surface area contributed by atoms with Gasteiger partial charge in [0.2, 0.25) is 0 Å². The highest BCUT2D eigenvalue weighted by Gasteiger charge is 2.52. The van der Waals surface area contributed by atoms with Gasteiger partial charge in [-0.2, -0.15) is 0 Å². The second kappa shape index (κ2) is 10.0. The van der Waals surface area contributed by atoms with Crippen molar-refractivity contribution in [3.05, 3.63) is 0 Å². The highest BCUT2D eigenvalue weighted by Crippen LogP contribution is 2.37. The molecule has 168 valence electrons. The van der Waals surface area contributed by atoms with Crippen LogP contribution in [0.3, 0.4) is 0 Å². The first-order chi connectivity index (χ1) is 13.2. The van der Waals surface area contributed by atoms with Crippen molar-refractivity contribution >= 4 is 26.2 Å². The SMILES string of the molecule is COC1OC(CO[Si](C)(C)C(C)(C)C)C(OC(C)=O)C(OC(C)=O)C1OC(C)=O. The van der Waals surface area contributed by atoms with Crippen LogP contribution in [0.1, 0.15) is 41.5 Å². The first-order valence-electron chi connectivity index (χ1n) is 9.53. The van der Waals surface area contributed by atoms with Crippen molar-refractivity contribution in [1.29, 1.82) is 0 Å². The Kier molecular flexibility index (Phi) is 8.82. The molecule has 29 heavy (non-hydrogen) atoms. The van der Waals surface area contributed by atoms with Crippen molar-refractivity contribution in [3.63, 3.8) is 0 Å². The van der Waals surface area contributed by atoms with Crippen molar-refractivity contribution in [1.82, 2.24) is 0 Å².